The summed E-state index contributed by atoms with van der Waals surface area (Å²) in [6.07, 6.45) is 1.82. The molecule has 0 bridgehead atoms. The Hall–Kier alpha value is -1.66. The van der Waals surface area contributed by atoms with Crippen LogP contribution in [0.25, 0.3) is 0 Å². The van der Waals surface area contributed by atoms with Crippen LogP contribution in [-0.2, 0) is 4.79 Å². The molecule has 2 N–H and O–H groups in total. The molecule has 1 heterocycles. The molecule has 0 aromatic heterocycles. The molecule has 2 rings (SSSR count). The lowest BCUT2D eigenvalue weighted by molar-refractivity contribution is -0.384. The largest absolute Gasteiger partial charge is 0.324 e. The number of anilines is 1. The number of carbonyl (C=O) groups is 1. The Kier molecular flexibility index (Phi) is 4.57. The molecule has 2 unspecified atom stereocenters. The highest BCUT2D eigenvalue weighted by Crippen LogP contribution is 2.27. The van der Waals surface area contributed by atoms with Crippen molar-refractivity contribution in [3.8, 4) is 0 Å². The fourth-order valence-corrected chi connectivity index (χ4v) is 2.45. The molecule has 0 spiro atoms. The highest BCUT2D eigenvalue weighted by Gasteiger charge is 2.25. The van der Waals surface area contributed by atoms with E-state index in [2.05, 4.69) is 17.6 Å². The number of benzene rings is 1. The minimum atomic E-state index is -0.571. The van der Waals surface area contributed by atoms with Gasteiger partial charge in [-0.15, -0.1) is 0 Å². The quantitative estimate of drug-likeness (QED) is 0.663. The van der Waals surface area contributed by atoms with Crippen LogP contribution in [0.15, 0.2) is 18.2 Å². The zero-order valence-corrected chi connectivity index (χ0v) is 11.8. The lowest BCUT2D eigenvalue weighted by atomic mass is 9.94. The fourth-order valence-electron chi connectivity index (χ4n) is 2.27. The first-order valence-electron chi connectivity index (χ1n) is 6.45. The molecule has 1 saturated heterocycles. The first-order valence-corrected chi connectivity index (χ1v) is 6.83. The lowest BCUT2D eigenvalue weighted by Crippen LogP contribution is -2.45. The van der Waals surface area contributed by atoms with E-state index in [-0.39, 0.29) is 22.7 Å². The molecular weight excluding hydrogens is 282 g/mol. The fraction of sp³-hybridized carbons (Fsp3) is 0.462. The van der Waals surface area contributed by atoms with Gasteiger partial charge < -0.3 is 10.6 Å². The second-order valence-electron chi connectivity index (χ2n) is 5.05. The zero-order valence-electron chi connectivity index (χ0n) is 11.1. The molecule has 7 heteroatoms. The van der Waals surface area contributed by atoms with Gasteiger partial charge in [-0.05, 0) is 37.4 Å². The van der Waals surface area contributed by atoms with Gasteiger partial charge in [0.25, 0.3) is 5.69 Å². The topological polar surface area (TPSA) is 84.3 Å². The molecule has 1 aliphatic rings. The number of amides is 1. The Labute approximate surface area is 121 Å². The van der Waals surface area contributed by atoms with E-state index in [1.807, 2.05) is 0 Å². The third-order valence-electron chi connectivity index (χ3n) is 3.39. The third kappa shape index (κ3) is 3.46. The molecule has 6 nitrogen and oxygen atoms in total. The number of nitrogens with one attached hydrogen (secondary N) is 2. The number of rotatable bonds is 3. The maximum Gasteiger partial charge on any atom is 0.289 e. The summed E-state index contributed by atoms with van der Waals surface area (Å²) in [5.74, 6) is 0.319. The van der Waals surface area contributed by atoms with Crippen molar-refractivity contribution in [2.45, 2.75) is 25.8 Å². The van der Waals surface area contributed by atoms with Gasteiger partial charge in [0.05, 0.1) is 11.0 Å². The molecule has 1 amide bonds. The number of hydrogen-bond donors (Lipinski definition) is 2. The maximum atomic E-state index is 12.1. The number of halogens is 1. The Morgan fingerprint density at radius 1 is 1.55 bits per heavy atom. The average Bonchev–Trinajstić information content (AvgIpc) is 2.40. The molecule has 20 heavy (non-hydrogen) atoms. The number of nitrogens with zero attached hydrogens (tertiary/aromatic N) is 1. The van der Waals surface area contributed by atoms with Gasteiger partial charge in [-0.2, -0.15) is 0 Å². The number of hydrogen-bond acceptors (Lipinski definition) is 4. The van der Waals surface area contributed by atoms with Crippen LogP contribution in [-0.4, -0.2) is 23.4 Å². The molecule has 2 atom stereocenters. The van der Waals surface area contributed by atoms with Gasteiger partial charge >= 0.3 is 0 Å². The number of nitro groups is 1. The third-order valence-corrected chi connectivity index (χ3v) is 3.71. The van der Waals surface area contributed by atoms with E-state index in [4.69, 9.17) is 11.6 Å². The van der Waals surface area contributed by atoms with Crippen molar-refractivity contribution in [2.75, 3.05) is 11.9 Å². The summed E-state index contributed by atoms with van der Waals surface area (Å²) >= 11 is 5.73. The Morgan fingerprint density at radius 3 is 2.95 bits per heavy atom. The average molecular weight is 298 g/mol. The van der Waals surface area contributed by atoms with Crippen LogP contribution >= 0.6 is 11.6 Å². The minimum Gasteiger partial charge on any atom is -0.324 e. The number of piperidine rings is 1. The van der Waals surface area contributed by atoms with Gasteiger partial charge in [0.15, 0.2) is 0 Å². The Bertz CT molecular complexity index is 536. The summed E-state index contributed by atoms with van der Waals surface area (Å²) in [4.78, 5) is 22.3. The molecule has 0 saturated carbocycles. The molecule has 0 radical (unpaired) electrons. The summed E-state index contributed by atoms with van der Waals surface area (Å²) in [5, 5.41) is 16.7. The monoisotopic (exact) mass is 297 g/mol. The van der Waals surface area contributed by atoms with Gasteiger partial charge in [-0.25, -0.2) is 0 Å². The van der Waals surface area contributed by atoms with Crippen LogP contribution in [0, 0.1) is 16.0 Å². The summed E-state index contributed by atoms with van der Waals surface area (Å²) in [6.45, 7) is 2.91. The van der Waals surface area contributed by atoms with Crippen LogP contribution in [0.5, 0.6) is 0 Å². The van der Waals surface area contributed by atoms with Crippen molar-refractivity contribution in [3.63, 3.8) is 0 Å². The van der Waals surface area contributed by atoms with Crippen molar-refractivity contribution >= 4 is 28.9 Å². The number of nitro benzene ring substituents is 1. The van der Waals surface area contributed by atoms with E-state index < -0.39 is 4.92 Å². The van der Waals surface area contributed by atoms with E-state index in [0.29, 0.717) is 11.6 Å². The van der Waals surface area contributed by atoms with Gasteiger partial charge in [0.1, 0.15) is 5.02 Å². The van der Waals surface area contributed by atoms with Crippen molar-refractivity contribution in [1.82, 2.24) is 5.32 Å². The van der Waals surface area contributed by atoms with Gasteiger partial charge in [-0.3, -0.25) is 14.9 Å². The maximum absolute atomic E-state index is 12.1. The van der Waals surface area contributed by atoms with Crippen LogP contribution in [0.2, 0.25) is 5.02 Å². The summed E-state index contributed by atoms with van der Waals surface area (Å²) in [7, 11) is 0. The van der Waals surface area contributed by atoms with Crippen molar-refractivity contribution in [2.24, 2.45) is 5.92 Å². The minimum absolute atomic E-state index is 0.0532. The van der Waals surface area contributed by atoms with E-state index in [9.17, 15) is 14.9 Å². The van der Waals surface area contributed by atoms with E-state index in [0.717, 1.165) is 19.4 Å². The number of carbonyl (C=O) groups excluding carboxylic acids is 1. The molecule has 1 aliphatic heterocycles. The van der Waals surface area contributed by atoms with Crippen LogP contribution in [0.3, 0.4) is 0 Å². The van der Waals surface area contributed by atoms with Gasteiger partial charge in [0, 0.05) is 11.8 Å². The van der Waals surface area contributed by atoms with E-state index >= 15 is 0 Å². The summed E-state index contributed by atoms with van der Waals surface area (Å²) in [5.41, 5.74) is 0.167. The lowest BCUT2D eigenvalue weighted by Gasteiger charge is -2.27. The second kappa shape index (κ2) is 6.19. The predicted octanol–water partition coefficient (Wildman–Crippen LogP) is 2.57. The van der Waals surface area contributed by atoms with Crippen molar-refractivity contribution in [1.29, 1.82) is 0 Å². The van der Waals surface area contributed by atoms with Crippen molar-refractivity contribution in [3.05, 3.63) is 33.3 Å². The first kappa shape index (κ1) is 14.7. The van der Waals surface area contributed by atoms with E-state index in [1.165, 1.54) is 12.1 Å². The highest BCUT2D eigenvalue weighted by atomic mass is 35.5. The van der Waals surface area contributed by atoms with Crippen molar-refractivity contribution < 1.29 is 9.72 Å². The normalized spacial score (nSPS) is 22.3. The smallest absolute Gasteiger partial charge is 0.289 e. The SMILES string of the molecule is CC1CCNC(C(=O)Nc2ccc(Cl)c([N+](=O)[O-])c2)C1. The van der Waals surface area contributed by atoms with Crippen LogP contribution in [0.4, 0.5) is 11.4 Å². The molecule has 0 aliphatic carbocycles. The molecule has 1 aromatic rings. The molecule has 108 valence electrons. The summed E-state index contributed by atoms with van der Waals surface area (Å²) in [6, 6.07) is 3.98. The Morgan fingerprint density at radius 2 is 2.30 bits per heavy atom. The standard InChI is InChI=1S/C13H16ClN3O3/c1-8-4-5-15-11(6-8)13(18)16-9-2-3-10(14)12(7-9)17(19)20/h2-3,7-8,11,15H,4-6H2,1H3,(H,16,18). The van der Waals surface area contributed by atoms with E-state index in [1.54, 1.807) is 6.07 Å². The zero-order chi connectivity index (χ0) is 14.7. The second-order valence-corrected chi connectivity index (χ2v) is 5.46. The first-order chi connectivity index (χ1) is 9.47. The molecule has 1 aromatic carbocycles. The van der Waals surface area contributed by atoms with Gasteiger partial charge in [-0.1, -0.05) is 18.5 Å². The molecular formula is C13H16ClN3O3. The Balaban J connectivity index is 2.07. The van der Waals surface area contributed by atoms with Crippen LogP contribution < -0.4 is 10.6 Å². The molecule has 1 fully saturated rings. The van der Waals surface area contributed by atoms with Gasteiger partial charge in [0.2, 0.25) is 5.91 Å². The summed E-state index contributed by atoms with van der Waals surface area (Å²) < 4.78 is 0. The highest BCUT2D eigenvalue weighted by molar-refractivity contribution is 6.32. The van der Waals surface area contributed by atoms with Crippen LogP contribution in [0.1, 0.15) is 19.8 Å². The predicted molar refractivity (Wildman–Crippen MR) is 76.9 cm³/mol.